The Balaban J connectivity index is 2.00. The summed E-state index contributed by atoms with van der Waals surface area (Å²) in [4.78, 5) is 26.8. The van der Waals surface area contributed by atoms with Gasteiger partial charge in [0, 0.05) is 36.1 Å². The summed E-state index contributed by atoms with van der Waals surface area (Å²) in [7, 11) is 0. The van der Waals surface area contributed by atoms with Crippen molar-refractivity contribution in [2.24, 2.45) is 5.10 Å². The number of hydrogen-bond acceptors (Lipinski definition) is 4. The molecule has 0 spiro atoms. The van der Waals surface area contributed by atoms with Gasteiger partial charge in [-0.1, -0.05) is 12.1 Å². The van der Waals surface area contributed by atoms with Gasteiger partial charge < -0.3 is 5.32 Å². The summed E-state index contributed by atoms with van der Waals surface area (Å²) in [6, 6.07) is 10.2. The Morgan fingerprint density at radius 1 is 1.24 bits per heavy atom. The van der Waals surface area contributed by atoms with Crippen LogP contribution < -0.4 is 10.7 Å². The average Bonchev–Trinajstić information content (AvgIpc) is 2.48. The molecule has 0 bridgehead atoms. The fourth-order valence-electron chi connectivity index (χ4n) is 1.62. The lowest BCUT2D eigenvalue weighted by molar-refractivity contribution is -0.114. The molecule has 0 atom stereocenters. The van der Waals surface area contributed by atoms with E-state index in [0.29, 0.717) is 11.3 Å². The van der Waals surface area contributed by atoms with Crippen LogP contribution in [0.25, 0.3) is 0 Å². The van der Waals surface area contributed by atoms with Gasteiger partial charge in [-0.3, -0.25) is 14.6 Å². The number of rotatable bonds is 4. The third-order valence-electron chi connectivity index (χ3n) is 2.51. The van der Waals surface area contributed by atoms with E-state index in [4.69, 9.17) is 0 Å². The maximum Gasteiger partial charge on any atom is 0.271 e. The van der Waals surface area contributed by atoms with Gasteiger partial charge in [0.2, 0.25) is 5.91 Å². The molecule has 6 heteroatoms. The summed E-state index contributed by atoms with van der Waals surface area (Å²) >= 11 is 0. The summed E-state index contributed by atoms with van der Waals surface area (Å²) in [5, 5.41) is 6.47. The highest BCUT2D eigenvalue weighted by Crippen LogP contribution is 2.10. The molecule has 6 nitrogen and oxygen atoms in total. The number of nitrogens with zero attached hydrogens (tertiary/aromatic N) is 2. The summed E-state index contributed by atoms with van der Waals surface area (Å²) in [5.41, 5.74) is 4.17. The molecule has 0 saturated carbocycles. The zero-order valence-corrected chi connectivity index (χ0v) is 11.4. The van der Waals surface area contributed by atoms with Gasteiger partial charge in [-0.25, -0.2) is 5.43 Å². The Kier molecular flexibility index (Phi) is 4.76. The normalized spacial score (nSPS) is 10.3. The molecule has 2 amide bonds. The number of hydrazone groups is 1. The molecule has 0 aliphatic rings. The van der Waals surface area contributed by atoms with Gasteiger partial charge in [0.05, 0.1) is 6.21 Å². The molecule has 0 aliphatic heterocycles. The largest absolute Gasteiger partial charge is 0.326 e. The standard InChI is InChI=1S/C15H14N4O2/c1-11(20)18-14-6-2-5-13(8-14)15(21)19-17-10-12-4-3-7-16-9-12/h2-10H,1H3,(H,18,20)(H,19,21)/b17-10-. The Morgan fingerprint density at radius 2 is 2.10 bits per heavy atom. The van der Waals surface area contributed by atoms with E-state index in [9.17, 15) is 9.59 Å². The summed E-state index contributed by atoms with van der Waals surface area (Å²) in [6.07, 6.45) is 4.79. The second-order valence-corrected chi connectivity index (χ2v) is 4.25. The minimum Gasteiger partial charge on any atom is -0.326 e. The quantitative estimate of drug-likeness (QED) is 0.662. The molecular formula is C15H14N4O2. The number of hydrogen-bond donors (Lipinski definition) is 2. The Labute approximate surface area is 121 Å². The van der Waals surface area contributed by atoms with Crippen LogP contribution in [0.5, 0.6) is 0 Å². The molecule has 0 aliphatic carbocycles. The molecule has 2 N–H and O–H groups in total. The molecule has 2 aromatic rings. The van der Waals surface area contributed by atoms with Crippen LogP contribution in [-0.2, 0) is 4.79 Å². The van der Waals surface area contributed by atoms with Crippen LogP contribution in [0, 0.1) is 0 Å². The SMILES string of the molecule is CC(=O)Nc1cccc(C(=O)N/N=C\c2cccnc2)c1. The zero-order chi connectivity index (χ0) is 15.1. The van der Waals surface area contributed by atoms with E-state index >= 15 is 0 Å². The van der Waals surface area contributed by atoms with Crippen molar-refractivity contribution in [1.29, 1.82) is 0 Å². The van der Waals surface area contributed by atoms with Gasteiger partial charge >= 0.3 is 0 Å². The fraction of sp³-hybridized carbons (Fsp3) is 0.0667. The number of benzene rings is 1. The number of pyridine rings is 1. The number of anilines is 1. The third kappa shape index (κ3) is 4.54. The fourth-order valence-corrected chi connectivity index (χ4v) is 1.62. The smallest absolute Gasteiger partial charge is 0.271 e. The maximum atomic E-state index is 11.9. The van der Waals surface area contributed by atoms with Crippen molar-refractivity contribution in [2.45, 2.75) is 6.92 Å². The first-order valence-corrected chi connectivity index (χ1v) is 6.26. The van der Waals surface area contributed by atoms with E-state index in [1.165, 1.54) is 13.1 Å². The second-order valence-electron chi connectivity index (χ2n) is 4.25. The number of carbonyl (C=O) groups excluding carboxylic acids is 2. The minimum absolute atomic E-state index is 0.192. The number of carbonyl (C=O) groups is 2. The molecule has 106 valence electrons. The maximum absolute atomic E-state index is 11.9. The lowest BCUT2D eigenvalue weighted by atomic mass is 10.2. The van der Waals surface area contributed by atoms with Crippen molar-refractivity contribution in [1.82, 2.24) is 10.4 Å². The first-order chi connectivity index (χ1) is 10.1. The van der Waals surface area contributed by atoms with Crippen LogP contribution in [-0.4, -0.2) is 23.0 Å². The molecule has 0 fully saturated rings. The van der Waals surface area contributed by atoms with Gasteiger partial charge in [-0.15, -0.1) is 0 Å². The summed E-state index contributed by atoms with van der Waals surface area (Å²) in [6.45, 7) is 1.41. The van der Waals surface area contributed by atoms with E-state index in [1.54, 1.807) is 42.7 Å². The molecule has 0 saturated heterocycles. The van der Waals surface area contributed by atoms with Crippen LogP contribution in [0.1, 0.15) is 22.8 Å². The van der Waals surface area contributed by atoms with Gasteiger partial charge in [0.25, 0.3) is 5.91 Å². The van der Waals surface area contributed by atoms with Crippen molar-refractivity contribution in [2.75, 3.05) is 5.32 Å². The van der Waals surface area contributed by atoms with E-state index in [2.05, 4.69) is 20.8 Å². The van der Waals surface area contributed by atoms with Crippen LogP contribution >= 0.6 is 0 Å². The van der Waals surface area contributed by atoms with Crippen LogP contribution in [0.3, 0.4) is 0 Å². The topological polar surface area (TPSA) is 83.5 Å². The summed E-state index contributed by atoms with van der Waals surface area (Å²) in [5.74, 6) is -0.551. The molecular weight excluding hydrogens is 268 g/mol. The van der Waals surface area contributed by atoms with Crippen molar-refractivity contribution in [3.8, 4) is 0 Å². The van der Waals surface area contributed by atoms with Crippen LogP contribution in [0.15, 0.2) is 53.9 Å². The van der Waals surface area contributed by atoms with Gasteiger partial charge in [0.15, 0.2) is 0 Å². The number of aromatic nitrogens is 1. The molecule has 0 radical (unpaired) electrons. The third-order valence-corrected chi connectivity index (χ3v) is 2.51. The van der Waals surface area contributed by atoms with E-state index in [0.717, 1.165) is 5.56 Å². The van der Waals surface area contributed by atoms with Crippen molar-refractivity contribution < 1.29 is 9.59 Å². The van der Waals surface area contributed by atoms with Crippen LogP contribution in [0.2, 0.25) is 0 Å². The van der Waals surface area contributed by atoms with E-state index in [-0.39, 0.29) is 11.8 Å². The molecule has 21 heavy (non-hydrogen) atoms. The molecule has 1 heterocycles. The number of amides is 2. The average molecular weight is 282 g/mol. The first kappa shape index (κ1) is 14.4. The van der Waals surface area contributed by atoms with Gasteiger partial charge in [-0.05, 0) is 24.3 Å². The molecule has 1 aromatic carbocycles. The summed E-state index contributed by atoms with van der Waals surface area (Å²) < 4.78 is 0. The monoisotopic (exact) mass is 282 g/mol. The van der Waals surface area contributed by atoms with Crippen molar-refractivity contribution in [3.05, 3.63) is 59.9 Å². The van der Waals surface area contributed by atoms with E-state index < -0.39 is 0 Å². The Hall–Kier alpha value is -3.02. The molecule has 2 rings (SSSR count). The van der Waals surface area contributed by atoms with Gasteiger partial charge in [0.1, 0.15) is 0 Å². The lowest BCUT2D eigenvalue weighted by Crippen LogP contribution is -2.18. The predicted octanol–water partition coefficient (Wildman–Crippen LogP) is 1.80. The molecule has 0 unspecified atom stereocenters. The van der Waals surface area contributed by atoms with E-state index in [1.807, 2.05) is 6.07 Å². The van der Waals surface area contributed by atoms with Crippen molar-refractivity contribution >= 4 is 23.7 Å². The highest BCUT2D eigenvalue weighted by molar-refractivity contribution is 5.97. The minimum atomic E-state index is -0.359. The second kappa shape index (κ2) is 6.95. The Morgan fingerprint density at radius 3 is 2.81 bits per heavy atom. The highest BCUT2D eigenvalue weighted by atomic mass is 16.2. The molecule has 1 aromatic heterocycles. The highest BCUT2D eigenvalue weighted by Gasteiger charge is 2.05. The number of nitrogens with one attached hydrogen (secondary N) is 2. The zero-order valence-electron chi connectivity index (χ0n) is 11.4. The van der Waals surface area contributed by atoms with Crippen LogP contribution in [0.4, 0.5) is 5.69 Å². The first-order valence-electron chi connectivity index (χ1n) is 6.26. The lowest BCUT2D eigenvalue weighted by Gasteiger charge is -2.04. The van der Waals surface area contributed by atoms with Gasteiger partial charge in [-0.2, -0.15) is 5.10 Å². The Bertz CT molecular complexity index is 668. The van der Waals surface area contributed by atoms with Crippen molar-refractivity contribution in [3.63, 3.8) is 0 Å². The predicted molar refractivity (Wildman–Crippen MR) is 80.0 cm³/mol.